The van der Waals surface area contributed by atoms with Crippen LogP contribution in [0.4, 0.5) is 0 Å². The number of hydrogen-bond acceptors (Lipinski definition) is 6. The molecule has 6 heteroatoms. The minimum absolute atomic E-state index is 0.169. The van der Waals surface area contributed by atoms with E-state index in [-0.39, 0.29) is 18.0 Å². The summed E-state index contributed by atoms with van der Waals surface area (Å²) in [5.41, 5.74) is 0. The second-order valence-corrected chi connectivity index (χ2v) is 8.14. The number of aliphatic hydroxyl groups excluding tert-OH is 1. The maximum Gasteiger partial charge on any atom is 0.305 e. The van der Waals surface area contributed by atoms with Gasteiger partial charge >= 0.3 is 11.9 Å². The molecular formula is C20H32O6. The van der Waals surface area contributed by atoms with Gasteiger partial charge < -0.3 is 19.3 Å². The van der Waals surface area contributed by atoms with E-state index in [2.05, 4.69) is 0 Å². The molecule has 3 atom stereocenters. The van der Waals surface area contributed by atoms with Crippen molar-refractivity contribution in [2.75, 3.05) is 13.2 Å². The van der Waals surface area contributed by atoms with Crippen molar-refractivity contribution in [2.24, 2.45) is 11.8 Å². The number of carbonyl (C=O) groups is 2. The molecule has 0 spiro atoms. The average molecular weight is 368 g/mol. The van der Waals surface area contributed by atoms with Crippen molar-refractivity contribution in [3.8, 4) is 0 Å². The van der Waals surface area contributed by atoms with Gasteiger partial charge in [0, 0.05) is 12.8 Å². The predicted octanol–water partition coefficient (Wildman–Crippen LogP) is 2.75. The monoisotopic (exact) mass is 368 g/mol. The Morgan fingerprint density at radius 1 is 0.808 bits per heavy atom. The topological polar surface area (TPSA) is 85.4 Å². The van der Waals surface area contributed by atoms with E-state index in [0.717, 1.165) is 44.9 Å². The lowest BCUT2D eigenvalue weighted by Gasteiger charge is -2.24. The predicted molar refractivity (Wildman–Crippen MR) is 94.4 cm³/mol. The summed E-state index contributed by atoms with van der Waals surface area (Å²) in [6.07, 6.45) is 9.39. The van der Waals surface area contributed by atoms with E-state index in [0.29, 0.717) is 62.9 Å². The highest BCUT2D eigenvalue weighted by Gasteiger charge is 2.43. The fourth-order valence-corrected chi connectivity index (χ4v) is 4.05. The van der Waals surface area contributed by atoms with Gasteiger partial charge in [0.25, 0.3) is 0 Å². The molecule has 3 aliphatic rings. The standard InChI is InChI=1S/C20H32O6/c21-16-8-5-14(6-9-16)12-24-19(22)3-1-2-4-20(23)25-13-15-7-10-17-18(11-15)26-17/h14-18,21H,1-13H2. The van der Waals surface area contributed by atoms with Crippen molar-refractivity contribution >= 4 is 11.9 Å². The third kappa shape index (κ3) is 6.54. The molecule has 1 aliphatic heterocycles. The molecule has 2 aliphatic carbocycles. The fourth-order valence-electron chi connectivity index (χ4n) is 4.05. The first-order chi connectivity index (χ1) is 12.6. The van der Waals surface area contributed by atoms with Gasteiger partial charge in [0.15, 0.2) is 0 Å². The second kappa shape index (κ2) is 9.70. The Morgan fingerprint density at radius 2 is 1.38 bits per heavy atom. The zero-order valence-electron chi connectivity index (χ0n) is 15.6. The highest BCUT2D eigenvalue weighted by atomic mass is 16.6. The van der Waals surface area contributed by atoms with Crippen LogP contribution in [0.15, 0.2) is 0 Å². The van der Waals surface area contributed by atoms with Gasteiger partial charge in [-0.1, -0.05) is 0 Å². The molecule has 1 saturated heterocycles. The van der Waals surface area contributed by atoms with Gasteiger partial charge in [0.2, 0.25) is 0 Å². The van der Waals surface area contributed by atoms with Crippen molar-refractivity contribution in [3.05, 3.63) is 0 Å². The molecule has 26 heavy (non-hydrogen) atoms. The summed E-state index contributed by atoms with van der Waals surface area (Å²) in [5, 5.41) is 9.47. The summed E-state index contributed by atoms with van der Waals surface area (Å²) in [6, 6.07) is 0. The first-order valence-electron chi connectivity index (χ1n) is 10.2. The van der Waals surface area contributed by atoms with E-state index in [9.17, 15) is 14.7 Å². The van der Waals surface area contributed by atoms with E-state index in [1.807, 2.05) is 0 Å². The molecule has 1 N–H and O–H groups in total. The molecule has 3 rings (SSSR count). The van der Waals surface area contributed by atoms with Crippen molar-refractivity contribution in [1.29, 1.82) is 0 Å². The number of unbranched alkanes of at least 4 members (excludes halogenated alkanes) is 1. The van der Waals surface area contributed by atoms with E-state index < -0.39 is 0 Å². The summed E-state index contributed by atoms with van der Waals surface area (Å²) in [4.78, 5) is 23.6. The van der Waals surface area contributed by atoms with Gasteiger partial charge in [-0.25, -0.2) is 0 Å². The molecule has 148 valence electrons. The van der Waals surface area contributed by atoms with Gasteiger partial charge in [-0.2, -0.15) is 0 Å². The lowest BCUT2D eigenvalue weighted by atomic mass is 9.88. The summed E-state index contributed by atoms with van der Waals surface area (Å²) in [7, 11) is 0. The van der Waals surface area contributed by atoms with Crippen molar-refractivity contribution in [2.45, 2.75) is 88.9 Å². The number of rotatable bonds is 9. The Hall–Kier alpha value is -1.14. The fraction of sp³-hybridized carbons (Fsp3) is 0.900. The van der Waals surface area contributed by atoms with Crippen molar-refractivity contribution in [1.82, 2.24) is 0 Å². The summed E-state index contributed by atoms with van der Waals surface area (Å²) < 4.78 is 16.2. The number of hydrogen-bond donors (Lipinski definition) is 1. The number of fused-ring (bicyclic) bond motifs is 1. The van der Waals surface area contributed by atoms with Crippen LogP contribution in [0.25, 0.3) is 0 Å². The van der Waals surface area contributed by atoms with E-state index in [1.54, 1.807) is 0 Å². The van der Waals surface area contributed by atoms with Crippen LogP contribution in [0, 0.1) is 11.8 Å². The summed E-state index contributed by atoms with van der Waals surface area (Å²) >= 11 is 0. The van der Waals surface area contributed by atoms with E-state index >= 15 is 0 Å². The van der Waals surface area contributed by atoms with Gasteiger partial charge in [-0.15, -0.1) is 0 Å². The van der Waals surface area contributed by atoms with Crippen LogP contribution >= 0.6 is 0 Å². The molecule has 0 amide bonds. The second-order valence-electron chi connectivity index (χ2n) is 8.14. The maximum atomic E-state index is 11.8. The molecule has 3 fully saturated rings. The molecule has 0 aromatic rings. The van der Waals surface area contributed by atoms with Crippen LogP contribution in [-0.4, -0.2) is 48.6 Å². The van der Waals surface area contributed by atoms with Crippen LogP contribution in [0.3, 0.4) is 0 Å². The average Bonchev–Trinajstić information content (AvgIpc) is 3.42. The minimum atomic E-state index is -0.189. The Kier molecular flexibility index (Phi) is 7.32. The molecule has 0 bridgehead atoms. The lowest BCUT2D eigenvalue weighted by molar-refractivity contribution is -0.147. The smallest absolute Gasteiger partial charge is 0.305 e. The summed E-state index contributed by atoms with van der Waals surface area (Å²) in [5.74, 6) is 0.468. The van der Waals surface area contributed by atoms with Crippen LogP contribution < -0.4 is 0 Å². The van der Waals surface area contributed by atoms with Crippen LogP contribution in [0.5, 0.6) is 0 Å². The SMILES string of the molecule is O=C(CCCCC(=O)OCC1CCC2OC2C1)OCC1CCC(O)CC1. The molecule has 2 saturated carbocycles. The zero-order valence-corrected chi connectivity index (χ0v) is 15.6. The van der Waals surface area contributed by atoms with Crippen molar-refractivity contribution in [3.63, 3.8) is 0 Å². The quantitative estimate of drug-likeness (QED) is 0.383. The lowest BCUT2D eigenvalue weighted by Crippen LogP contribution is -2.22. The molecule has 0 aromatic carbocycles. The maximum absolute atomic E-state index is 11.8. The molecule has 6 nitrogen and oxygen atoms in total. The van der Waals surface area contributed by atoms with Gasteiger partial charge in [0.1, 0.15) is 0 Å². The summed E-state index contributed by atoms with van der Waals surface area (Å²) in [6.45, 7) is 0.962. The first kappa shape index (κ1) is 19.6. The Labute approximate surface area is 155 Å². The van der Waals surface area contributed by atoms with Crippen molar-refractivity contribution < 1.29 is 28.9 Å². The van der Waals surface area contributed by atoms with Gasteiger partial charge in [0.05, 0.1) is 31.5 Å². The largest absolute Gasteiger partial charge is 0.465 e. The van der Waals surface area contributed by atoms with Gasteiger partial charge in [-0.05, 0) is 69.6 Å². The molecule has 3 unspecified atom stereocenters. The molecule has 1 heterocycles. The van der Waals surface area contributed by atoms with E-state index in [1.165, 1.54) is 0 Å². The normalized spacial score (nSPS) is 33.2. The molecule has 0 aromatic heterocycles. The van der Waals surface area contributed by atoms with Crippen LogP contribution in [0.2, 0.25) is 0 Å². The third-order valence-electron chi connectivity index (χ3n) is 5.90. The Morgan fingerprint density at radius 3 is 2.00 bits per heavy atom. The van der Waals surface area contributed by atoms with E-state index in [4.69, 9.17) is 14.2 Å². The van der Waals surface area contributed by atoms with Crippen LogP contribution in [0.1, 0.15) is 70.6 Å². The third-order valence-corrected chi connectivity index (χ3v) is 5.90. The zero-order chi connectivity index (χ0) is 18.4. The number of carbonyl (C=O) groups excluding carboxylic acids is 2. The minimum Gasteiger partial charge on any atom is -0.465 e. The Bertz CT molecular complexity index is 471. The highest BCUT2D eigenvalue weighted by Crippen LogP contribution is 2.39. The van der Waals surface area contributed by atoms with Gasteiger partial charge in [-0.3, -0.25) is 9.59 Å². The number of aliphatic hydroxyl groups is 1. The number of ether oxygens (including phenoxy) is 3. The highest BCUT2D eigenvalue weighted by molar-refractivity contribution is 5.70. The number of esters is 2. The van der Waals surface area contributed by atoms with Crippen LogP contribution in [-0.2, 0) is 23.8 Å². The first-order valence-corrected chi connectivity index (χ1v) is 10.2. The number of epoxide rings is 1. The Balaban J connectivity index is 1.16. The molecule has 0 radical (unpaired) electrons. The molecular weight excluding hydrogens is 336 g/mol.